The van der Waals surface area contributed by atoms with Gasteiger partial charge in [-0.3, -0.25) is 4.79 Å². The summed E-state index contributed by atoms with van der Waals surface area (Å²) in [7, 11) is 0. The number of hydrogen-bond acceptors (Lipinski definition) is 1. The van der Waals surface area contributed by atoms with Gasteiger partial charge >= 0.3 is 0 Å². The molecular weight excluding hydrogens is 296 g/mol. The maximum atomic E-state index is 12.4. The first-order chi connectivity index (χ1) is 11.7. The van der Waals surface area contributed by atoms with E-state index in [1.165, 1.54) is 11.1 Å². The van der Waals surface area contributed by atoms with Gasteiger partial charge < -0.3 is 9.80 Å². The van der Waals surface area contributed by atoms with Crippen molar-refractivity contribution in [1.29, 1.82) is 0 Å². The summed E-state index contributed by atoms with van der Waals surface area (Å²) in [6, 6.07) is 18.8. The first-order valence-electron chi connectivity index (χ1n) is 8.62. The van der Waals surface area contributed by atoms with E-state index < -0.39 is 0 Å². The van der Waals surface area contributed by atoms with Crippen LogP contribution < -0.4 is 4.90 Å². The Balaban J connectivity index is 1.50. The Kier molecular flexibility index (Phi) is 5.44. The molecule has 2 aromatic carbocycles. The number of carbonyl (C=O) groups is 1. The van der Waals surface area contributed by atoms with E-state index in [1.807, 2.05) is 23.1 Å². The van der Waals surface area contributed by atoms with Gasteiger partial charge in [0.05, 0.1) is 26.2 Å². The number of nitrogens with zero attached hydrogens (tertiary/aromatic N) is 1. The molecule has 0 unspecified atom stereocenters. The Morgan fingerprint density at radius 2 is 1.83 bits per heavy atom. The standard InChI is InChI=1S/C21H24N2O/c1-18-6-5-9-19(16-18)10-11-21(24)23-14-12-22(13-15-23)17-20-7-3-2-4-8-20/h2-11,16H,12-15,17H2,1H3/p+1/b11-10+. The molecule has 1 saturated heterocycles. The highest BCUT2D eigenvalue weighted by molar-refractivity contribution is 5.91. The van der Waals surface area contributed by atoms with Crippen LogP contribution in [-0.4, -0.2) is 37.0 Å². The summed E-state index contributed by atoms with van der Waals surface area (Å²) in [5, 5.41) is 0. The summed E-state index contributed by atoms with van der Waals surface area (Å²) < 4.78 is 0. The van der Waals surface area contributed by atoms with E-state index in [0.717, 1.165) is 38.3 Å². The summed E-state index contributed by atoms with van der Waals surface area (Å²) in [4.78, 5) is 15.9. The van der Waals surface area contributed by atoms with Crippen LogP contribution in [0.5, 0.6) is 0 Å². The van der Waals surface area contributed by atoms with Crippen molar-refractivity contribution in [3.8, 4) is 0 Å². The molecule has 0 bridgehead atoms. The monoisotopic (exact) mass is 321 g/mol. The summed E-state index contributed by atoms with van der Waals surface area (Å²) >= 11 is 0. The molecule has 0 radical (unpaired) electrons. The molecule has 3 heteroatoms. The van der Waals surface area contributed by atoms with Crippen molar-refractivity contribution in [3.63, 3.8) is 0 Å². The van der Waals surface area contributed by atoms with Crippen LogP contribution in [0.4, 0.5) is 0 Å². The third-order valence-electron chi connectivity index (χ3n) is 4.54. The van der Waals surface area contributed by atoms with E-state index >= 15 is 0 Å². The number of amides is 1. The van der Waals surface area contributed by atoms with Crippen LogP contribution in [0.25, 0.3) is 6.08 Å². The van der Waals surface area contributed by atoms with Crippen LogP contribution in [-0.2, 0) is 11.3 Å². The highest BCUT2D eigenvalue weighted by atomic mass is 16.2. The Bertz CT molecular complexity index is 701. The van der Waals surface area contributed by atoms with Gasteiger partial charge in [0.1, 0.15) is 6.54 Å². The number of hydrogen-bond donors (Lipinski definition) is 1. The molecular formula is C21H25N2O+. The topological polar surface area (TPSA) is 24.8 Å². The molecule has 1 heterocycles. The fourth-order valence-corrected chi connectivity index (χ4v) is 3.15. The smallest absolute Gasteiger partial charge is 0.246 e. The average Bonchev–Trinajstić information content (AvgIpc) is 2.61. The zero-order chi connectivity index (χ0) is 16.8. The van der Waals surface area contributed by atoms with Gasteiger partial charge in [-0.15, -0.1) is 0 Å². The van der Waals surface area contributed by atoms with E-state index in [4.69, 9.17) is 0 Å². The van der Waals surface area contributed by atoms with Crippen molar-refractivity contribution in [2.75, 3.05) is 26.2 Å². The third-order valence-corrected chi connectivity index (χ3v) is 4.54. The van der Waals surface area contributed by atoms with Gasteiger partial charge in [0.2, 0.25) is 5.91 Å². The predicted octanol–water partition coefficient (Wildman–Crippen LogP) is 1.94. The third kappa shape index (κ3) is 4.56. The van der Waals surface area contributed by atoms with Crippen LogP contribution in [0.1, 0.15) is 16.7 Å². The molecule has 0 spiro atoms. The highest BCUT2D eigenvalue weighted by Gasteiger charge is 2.22. The lowest BCUT2D eigenvalue weighted by atomic mass is 10.1. The number of quaternary nitrogens is 1. The molecule has 0 atom stereocenters. The summed E-state index contributed by atoms with van der Waals surface area (Å²) in [6.07, 6.45) is 3.62. The zero-order valence-corrected chi connectivity index (χ0v) is 14.2. The minimum Gasteiger partial charge on any atom is -0.328 e. The molecule has 3 rings (SSSR count). The van der Waals surface area contributed by atoms with E-state index in [-0.39, 0.29) is 5.91 Å². The van der Waals surface area contributed by atoms with Crippen LogP contribution in [0.3, 0.4) is 0 Å². The van der Waals surface area contributed by atoms with Crippen molar-refractivity contribution < 1.29 is 9.69 Å². The lowest BCUT2D eigenvalue weighted by molar-refractivity contribution is -0.917. The van der Waals surface area contributed by atoms with Gasteiger partial charge in [-0.25, -0.2) is 0 Å². The second-order valence-electron chi connectivity index (χ2n) is 6.49. The minimum atomic E-state index is 0.121. The maximum absolute atomic E-state index is 12.4. The Labute approximate surface area is 144 Å². The molecule has 124 valence electrons. The molecule has 0 aliphatic carbocycles. The number of nitrogens with one attached hydrogen (secondary N) is 1. The maximum Gasteiger partial charge on any atom is 0.246 e. The van der Waals surface area contributed by atoms with Crippen LogP contribution in [0.2, 0.25) is 0 Å². The Hall–Kier alpha value is -2.39. The second-order valence-corrected chi connectivity index (χ2v) is 6.49. The largest absolute Gasteiger partial charge is 0.328 e. The molecule has 1 amide bonds. The highest BCUT2D eigenvalue weighted by Crippen LogP contribution is 2.06. The zero-order valence-electron chi connectivity index (χ0n) is 14.2. The molecule has 3 nitrogen and oxygen atoms in total. The predicted molar refractivity (Wildman–Crippen MR) is 97.6 cm³/mol. The van der Waals surface area contributed by atoms with Crippen molar-refractivity contribution in [1.82, 2.24) is 4.90 Å². The number of piperazine rings is 1. The number of carbonyl (C=O) groups excluding carboxylic acids is 1. The van der Waals surface area contributed by atoms with E-state index in [9.17, 15) is 4.79 Å². The van der Waals surface area contributed by atoms with Gasteiger partial charge in [0.15, 0.2) is 0 Å². The van der Waals surface area contributed by atoms with Gasteiger partial charge in [0, 0.05) is 11.6 Å². The lowest BCUT2D eigenvalue weighted by Crippen LogP contribution is -3.13. The summed E-state index contributed by atoms with van der Waals surface area (Å²) in [5.74, 6) is 0.121. The van der Waals surface area contributed by atoms with Crippen molar-refractivity contribution in [3.05, 3.63) is 77.4 Å². The first-order valence-corrected chi connectivity index (χ1v) is 8.62. The molecule has 1 fully saturated rings. The number of aryl methyl sites for hydroxylation is 1. The first kappa shape index (κ1) is 16.5. The molecule has 0 aromatic heterocycles. The van der Waals surface area contributed by atoms with Gasteiger partial charge in [-0.05, 0) is 18.6 Å². The second kappa shape index (κ2) is 7.93. The number of benzene rings is 2. The summed E-state index contributed by atoms with van der Waals surface area (Å²) in [5.41, 5.74) is 3.66. The number of rotatable bonds is 4. The molecule has 1 aliphatic heterocycles. The molecule has 1 N–H and O–H groups in total. The molecule has 24 heavy (non-hydrogen) atoms. The fourth-order valence-electron chi connectivity index (χ4n) is 3.15. The van der Waals surface area contributed by atoms with Gasteiger partial charge in [0.25, 0.3) is 0 Å². The Morgan fingerprint density at radius 3 is 2.54 bits per heavy atom. The van der Waals surface area contributed by atoms with Crippen LogP contribution in [0, 0.1) is 6.92 Å². The minimum absolute atomic E-state index is 0.121. The molecule has 0 saturated carbocycles. The van der Waals surface area contributed by atoms with E-state index in [2.05, 4.69) is 49.4 Å². The molecule has 1 aliphatic rings. The Morgan fingerprint density at radius 1 is 1.08 bits per heavy atom. The van der Waals surface area contributed by atoms with Crippen molar-refractivity contribution in [2.24, 2.45) is 0 Å². The van der Waals surface area contributed by atoms with Crippen molar-refractivity contribution >= 4 is 12.0 Å². The van der Waals surface area contributed by atoms with Crippen LogP contribution >= 0.6 is 0 Å². The van der Waals surface area contributed by atoms with E-state index in [1.54, 1.807) is 11.0 Å². The van der Waals surface area contributed by atoms with Gasteiger partial charge in [-0.1, -0.05) is 60.2 Å². The average molecular weight is 321 g/mol. The molecule has 2 aromatic rings. The van der Waals surface area contributed by atoms with Gasteiger partial charge in [-0.2, -0.15) is 0 Å². The SMILES string of the molecule is Cc1cccc(/C=C/C(=O)N2CC[NH+](Cc3ccccc3)CC2)c1. The van der Waals surface area contributed by atoms with Crippen molar-refractivity contribution in [2.45, 2.75) is 13.5 Å². The quantitative estimate of drug-likeness (QED) is 0.855. The van der Waals surface area contributed by atoms with Crippen LogP contribution in [0.15, 0.2) is 60.7 Å². The lowest BCUT2D eigenvalue weighted by Gasteiger charge is -2.31. The normalized spacial score (nSPS) is 15.8. The fraction of sp³-hybridized carbons (Fsp3) is 0.286. The summed E-state index contributed by atoms with van der Waals surface area (Å²) in [6.45, 7) is 6.80. The van der Waals surface area contributed by atoms with E-state index in [0.29, 0.717) is 0 Å².